The maximum Gasteiger partial charge on any atom is 0.271 e. The fraction of sp³-hybridized carbons (Fsp3) is 0.636. The highest BCUT2D eigenvalue weighted by molar-refractivity contribution is 7.94. The van der Waals surface area contributed by atoms with Crippen LogP contribution in [0.3, 0.4) is 0 Å². The molecule has 0 bridgehead atoms. The summed E-state index contributed by atoms with van der Waals surface area (Å²) in [5.74, 6) is 0.00651. The van der Waals surface area contributed by atoms with Crippen LogP contribution in [0.2, 0.25) is 0 Å². The molecule has 10 nitrogen and oxygen atoms in total. The number of fused-ring (bicyclic) bond motifs is 1. The van der Waals surface area contributed by atoms with E-state index in [0.717, 1.165) is 56.3 Å². The Morgan fingerprint density at radius 2 is 1.87 bits per heavy atom. The first-order valence-electron chi connectivity index (χ1n) is 16.2. The Kier molecular flexibility index (Phi) is 12.7. The summed E-state index contributed by atoms with van der Waals surface area (Å²) in [6, 6.07) is 7.38. The summed E-state index contributed by atoms with van der Waals surface area (Å²) in [5, 5.41) is 11.9. The van der Waals surface area contributed by atoms with E-state index in [-0.39, 0.29) is 64.5 Å². The number of likely N-dealkylation sites (N-methyl/N-ethyl adjacent to an activating group) is 1. The van der Waals surface area contributed by atoms with E-state index in [1.807, 2.05) is 20.9 Å². The monoisotopic (exact) mass is 663 g/mol. The minimum atomic E-state index is -3.84. The van der Waals surface area contributed by atoms with Gasteiger partial charge in [-0.3, -0.25) is 14.3 Å². The number of benzene rings is 1. The number of rotatable bonds is 8. The lowest BCUT2D eigenvalue weighted by Crippen LogP contribution is -2.48. The van der Waals surface area contributed by atoms with Crippen molar-refractivity contribution >= 4 is 38.9 Å². The van der Waals surface area contributed by atoms with E-state index in [0.29, 0.717) is 18.9 Å². The Bertz CT molecular complexity index is 1360. The topological polar surface area (TPSA) is 125 Å². The van der Waals surface area contributed by atoms with Crippen LogP contribution in [0.1, 0.15) is 82.5 Å². The highest BCUT2D eigenvalue weighted by Crippen LogP contribution is 2.30. The fourth-order valence-corrected chi connectivity index (χ4v) is 8.13. The smallest absolute Gasteiger partial charge is 0.271 e. The first-order chi connectivity index (χ1) is 21.5. The number of nitrogens with zero attached hydrogens (tertiary/aromatic N) is 2. The number of anilines is 1. The number of amides is 2. The number of nitrogens with one attached hydrogen (secondary N) is 1. The molecule has 2 amide bonds. The largest absolute Gasteiger partial charge is 0.490 e. The van der Waals surface area contributed by atoms with E-state index in [9.17, 15) is 23.1 Å². The Morgan fingerprint density at radius 3 is 2.56 bits per heavy atom. The lowest BCUT2D eigenvalue weighted by molar-refractivity contribution is -0.137. The Labute approximate surface area is 272 Å². The van der Waals surface area contributed by atoms with Crippen molar-refractivity contribution in [3.63, 3.8) is 0 Å². The molecule has 1 aliphatic carbocycles. The molecule has 4 rings (SSSR count). The molecular weight excluding hydrogens is 615 g/mol. The SMILES string of the molecule is C[C@@H]1CCCCO[C@H](CN(C)C(=O)C2CCCCC2)[C@H](C)CN([C@H](C)CO)C(=O)c2cc(NS(=O)(=O)c3cccs3)ccc2O1. The minimum absolute atomic E-state index is 0.0504. The van der Waals surface area contributed by atoms with Crippen molar-refractivity contribution in [1.29, 1.82) is 0 Å². The second-order valence-corrected chi connectivity index (χ2v) is 15.5. The molecule has 0 saturated heterocycles. The summed E-state index contributed by atoms with van der Waals surface area (Å²) in [4.78, 5) is 31.0. The molecule has 1 aromatic heterocycles. The molecule has 1 saturated carbocycles. The quantitative estimate of drug-likeness (QED) is 0.388. The van der Waals surface area contributed by atoms with Gasteiger partial charge in [-0.05, 0) is 75.6 Å². The van der Waals surface area contributed by atoms with Crippen LogP contribution in [0.15, 0.2) is 39.9 Å². The number of thiophene rings is 1. The third-order valence-electron chi connectivity index (χ3n) is 8.85. The summed E-state index contributed by atoms with van der Waals surface area (Å²) in [5.41, 5.74) is 0.446. The number of aliphatic hydroxyl groups excluding tert-OH is 1. The average Bonchev–Trinajstić information content (AvgIpc) is 3.59. The number of carbonyl (C=O) groups is 2. The Balaban J connectivity index is 1.63. The molecule has 12 heteroatoms. The summed E-state index contributed by atoms with van der Waals surface area (Å²) < 4.78 is 41.4. The normalized spacial score (nSPS) is 23.4. The molecule has 2 heterocycles. The van der Waals surface area contributed by atoms with Gasteiger partial charge in [0.05, 0.1) is 30.4 Å². The van der Waals surface area contributed by atoms with Crippen LogP contribution >= 0.6 is 11.3 Å². The molecule has 1 fully saturated rings. The zero-order valence-corrected chi connectivity index (χ0v) is 28.6. The van der Waals surface area contributed by atoms with E-state index in [4.69, 9.17) is 9.47 Å². The molecule has 0 spiro atoms. The van der Waals surface area contributed by atoms with Gasteiger partial charge in [0.15, 0.2) is 0 Å². The van der Waals surface area contributed by atoms with Gasteiger partial charge >= 0.3 is 0 Å². The molecule has 4 atom stereocenters. The van der Waals surface area contributed by atoms with Crippen LogP contribution in [0.5, 0.6) is 5.75 Å². The maximum atomic E-state index is 14.3. The highest BCUT2D eigenvalue weighted by atomic mass is 32.2. The van der Waals surface area contributed by atoms with E-state index in [1.165, 1.54) is 18.6 Å². The molecule has 0 unspecified atom stereocenters. The summed E-state index contributed by atoms with van der Waals surface area (Å²) in [6.07, 6.45) is 7.08. The van der Waals surface area contributed by atoms with Gasteiger partial charge in [-0.15, -0.1) is 11.3 Å². The first kappa shape index (κ1) is 35.2. The number of hydrogen-bond acceptors (Lipinski definition) is 8. The fourth-order valence-electron chi connectivity index (χ4n) is 6.09. The third kappa shape index (κ3) is 9.43. The zero-order valence-electron chi connectivity index (χ0n) is 26.9. The summed E-state index contributed by atoms with van der Waals surface area (Å²) in [7, 11) is -2.00. The molecule has 1 aliphatic heterocycles. The van der Waals surface area contributed by atoms with E-state index >= 15 is 0 Å². The van der Waals surface area contributed by atoms with Gasteiger partial charge in [0, 0.05) is 44.3 Å². The molecule has 2 aromatic rings. The predicted octanol–water partition coefficient (Wildman–Crippen LogP) is 5.38. The molecular formula is C33H49N3O7S2. The number of sulfonamides is 1. The van der Waals surface area contributed by atoms with Crippen LogP contribution in [-0.2, 0) is 19.6 Å². The lowest BCUT2D eigenvalue weighted by Gasteiger charge is -2.36. The second kappa shape index (κ2) is 16.2. The molecule has 0 radical (unpaired) electrons. The average molecular weight is 664 g/mol. The zero-order chi connectivity index (χ0) is 32.6. The van der Waals surface area contributed by atoms with Gasteiger partial charge in [-0.25, -0.2) is 8.42 Å². The van der Waals surface area contributed by atoms with Crippen LogP contribution in [0.25, 0.3) is 0 Å². The summed E-state index contributed by atoms with van der Waals surface area (Å²) in [6.45, 7) is 6.66. The second-order valence-electron chi connectivity index (χ2n) is 12.6. The number of carbonyl (C=O) groups excluding carboxylic acids is 2. The van der Waals surface area contributed by atoms with Crippen molar-refractivity contribution in [2.45, 2.75) is 94.6 Å². The Morgan fingerprint density at radius 1 is 1.13 bits per heavy atom. The molecule has 2 aliphatic rings. The molecule has 2 N–H and O–H groups in total. The maximum absolute atomic E-state index is 14.3. The van der Waals surface area contributed by atoms with Gasteiger partial charge in [-0.1, -0.05) is 32.3 Å². The van der Waals surface area contributed by atoms with Crippen molar-refractivity contribution in [1.82, 2.24) is 9.80 Å². The first-order valence-corrected chi connectivity index (χ1v) is 18.5. The molecule has 1 aromatic carbocycles. The standard InChI is InChI=1S/C33H49N3O7S2/c1-23-20-36(24(2)22-37)33(39)28-19-27(34-45(40,41)31-14-10-18-44-31)15-16-29(28)43-25(3)11-8-9-17-42-30(23)21-35(4)32(38)26-12-6-5-7-13-26/h10,14-16,18-19,23-26,30,34,37H,5-9,11-13,17,20-22H2,1-4H3/t23-,24-,25-,30-/m1/s1. The van der Waals surface area contributed by atoms with Gasteiger partial charge in [0.1, 0.15) is 9.96 Å². The highest BCUT2D eigenvalue weighted by Gasteiger charge is 2.32. The van der Waals surface area contributed by atoms with Crippen molar-refractivity contribution < 1.29 is 32.6 Å². The lowest BCUT2D eigenvalue weighted by atomic mass is 9.88. The number of aliphatic hydroxyl groups is 1. The van der Waals surface area contributed by atoms with Crippen LogP contribution < -0.4 is 9.46 Å². The van der Waals surface area contributed by atoms with Gasteiger partial charge in [0.2, 0.25) is 5.91 Å². The van der Waals surface area contributed by atoms with E-state index < -0.39 is 16.1 Å². The van der Waals surface area contributed by atoms with Crippen LogP contribution in [0.4, 0.5) is 5.69 Å². The van der Waals surface area contributed by atoms with Crippen molar-refractivity contribution in [3.8, 4) is 5.75 Å². The predicted molar refractivity (Wildman–Crippen MR) is 176 cm³/mol. The van der Waals surface area contributed by atoms with Gasteiger partial charge < -0.3 is 24.4 Å². The Hall–Kier alpha value is -2.67. The van der Waals surface area contributed by atoms with Crippen molar-refractivity contribution in [2.24, 2.45) is 11.8 Å². The van der Waals surface area contributed by atoms with Gasteiger partial charge in [-0.2, -0.15) is 0 Å². The third-order valence-corrected chi connectivity index (χ3v) is 11.6. The number of ether oxygens (including phenoxy) is 2. The van der Waals surface area contributed by atoms with Crippen LogP contribution in [0, 0.1) is 11.8 Å². The van der Waals surface area contributed by atoms with Crippen LogP contribution in [-0.4, -0.2) is 86.7 Å². The van der Waals surface area contributed by atoms with Crippen molar-refractivity contribution in [2.75, 3.05) is 38.1 Å². The summed E-state index contributed by atoms with van der Waals surface area (Å²) >= 11 is 1.10. The minimum Gasteiger partial charge on any atom is -0.490 e. The van der Waals surface area contributed by atoms with E-state index in [1.54, 1.807) is 40.3 Å². The van der Waals surface area contributed by atoms with E-state index in [2.05, 4.69) is 4.72 Å². The number of hydrogen-bond donors (Lipinski definition) is 2. The van der Waals surface area contributed by atoms with Gasteiger partial charge in [0.25, 0.3) is 15.9 Å². The van der Waals surface area contributed by atoms with Crippen molar-refractivity contribution in [3.05, 3.63) is 41.3 Å². The molecule has 250 valence electrons. The molecule has 45 heavy (non-hydrogen) atoms.